The molecule has 1 unspecified atom stereocenters. The fourth-order valence-electron chi connectivity index (χ4n) is 6.15. The average Bonchev–Trinajstić information content (AvgIpc) is 3.20. The normalized spacial score (nSPS) is 26.5. The standard InChI is InChI=1S/C30H35N3O4/c1-20-11-14-27(29(34)31-20)33-16-22-15-23(12-13-25(22)30(33)35)37-28-10-6-5-9-26(28)32-17-24(18-32)36-19-21-7-3-2-4-8-21/h2-4,7-8,12-13,15,24,26-28H,1,5-6,9-11,14,16-19H2,(H,31,34)/t26-,27?,28-/m1/s1. The average molecular weight is 502 g/mol. The van der Waals surface area contributed by atoms with Gasteiger partial charge in [-0.05, 0) is 61.4 Å². The van der Waals surface area contributed by atoms with E-state index in [1.807, 2.05) is 36.4 Å². The number of nitrogens with one attached hydrogen (secondary N) is 1. The molecule has 7 heteroatoms. The zero-order chi connectivity index (χ0) is 25.4. The zero-order valence-electron chi connectivity index (χ0n) is 21.2. The Labute approximate surface area is 218 Å². The van der Waals surface area contributed by atoms with Crippen molar-refractivity contribution in [1.29, 1.82) is 0 Å². The molecule has 1 aliphatic carbocycles. The lowest BCUT2D eigenvalue weighted by Gasteiger charge is -2.48. The Morgan fingerprint density at radius 3 is 2.62 bits per heavy atom. The topological polar surface area (TPSA) is 71.1 Å². The van der Waals surface area contributed by atoms with Gasteiger partial charge in [-0.3, -0.25) is 14.5 Å². The van der Waals surface area contributed by atoms with Gasteiger partial charge in [0.1, 0.15) is 17.9 Å². The van der Waals surface area contributed by atoms with Crippen LogP contribution in [0.5, 0.6) is 5.75 Å². The van der Waals surface area contributed by atoms with Crippen molar-refractivity contribution in [2.24, 2.45) is 0 Å². The maximum atomic E-state index is 13.1. The van der Waals surface area contributed by atoms with E-state index < -0.39 is 6.04 Å². The molecule has 1 saturated carbocycles. The Morgan fingerprint density at radius 2 is 1.81 bits per heavy atom. The predicted molar refractivity (Wildman–Crippen MR) is 140 cm³/mol. The van der Waals surface area contributed by atoms with Gasteiger partial charge in [-0.15, -0.1) is 0 Å². The molecule has 0 aromatic heterocycles. The molecule has 6 rings (SSSR count). The molecule has 3 aliphatic heterocycles. The Balaban J connectivity index is 1.06. The minimum atomic E-state index is -0.444. The third-order valence-electron chi connectivity index (χ3n) is 8.24. The van der Waals surface area contributed by atoms with Gasteiger partial charge in [0, 0.05) is 36.9 Å². The largest absolute Gasteiger partial charge is 0.489 e. The summed E-state index contributed by atoms with van der Waals surface area (Å²) in [5, 5.41) is 2.80. The molecule has 0 radical (unpaired) electrons. The number of rotatable bonds is 7. The van der Waals surface area contributed by atoms with Gasteiger partial charge in [0.2, 0.25) is 5.91 Å². The van der Waals surface area contributed by atoms with Crippen LogP contribution in [0.2, 0.25) is 0 Å². The molecular formula is C30H35N3O4. The number of benzene rings is 2. The quantitative estimate of drug-likeness (QED) is 0.621. The number of carbonyl (C=O) groups excluding carboxylic acids is 2. The number of piperidine rings is 1. The zero-order valence-corrected chi connectivity index (χ0v) is 21.2. The molecule has 2 aromatic carbocycles. The molecule has 2 amide bonds. The van der Waals surface area contributed by atoms with E-state index in [1.54, 1.807) is 4.90 Å². The monoisotopic (exact) mass is 501 g/mol. The number of carbonyl (C=O) groups is 2. The number of ether oxygens (including phenoxy) is 2. The van der Waals surface area contributed by atoms with E-state index in [0.29, 0.717) is 37.6 Å². The second-order valence-corrected chi connectivity index (χ2v) is 10.8. The van der Waals surface area contributed by atoms with Crippen molar-refractivity contribution >= 4 is 11.8 Å². The van der Waals surface area contributed by atoms with Gasteiger partial charge in [0.25, 0.3) is 5.91 Å². The first-order valence-electron chi connectivity index (χ1n) is 13.5. The van der Waals surface area contributed by atoms with Gasteiger partial charge >= 0.3 is 0 Å². The molecule has 3 heterocycles. The fraction of sp³-hybridized carbons (Fsp3) is 0.467. The lowest BCUT2D eigenvalue weighted by molar-refractivity contribution is -0.126. The number of nitrogens with zero attached hydrogens (tertiary/aromatic N) is 2. The van der Waals surface area contributed by atoms with E-state index in [1.165, 1.54) is 18.4 Å². The number of hydrogen-bond acceptors (Lipinski definition) is 5. The van der Waals surface area contributed by atoms with Crippen LogP contribution >= 0.6 is 0 Å². The van der Waals surface area contributed by atoms with Crippen LogP contribution in [0.1, 0.15) is 60.0 Å². The first-order valence-corrected chi connectivity index (χ1v) is 13.5. The summed E-state index contributed by atoms with van der Waals surface area (Å²) in [5.74, 6) is 0.593. The molecule has 2 saturated heterocycles. The van der Waals surface area contributed by atoms with Crippen LogP contribution in [0.3, 0.4) is 0 Å². The summed E-state index contributed by atoms with van der Waals surface area (Å²) in [5.41, 5.74) is 3.54. The summed E-state index contributed by atoms with van der Waals surface area (Å²) in [7, 11) is 0. The number of fused-ring (bicyclic) bond motifs is 1. The maximum absolute atomic E-state index is 13.1. The molecule has 37 heavy (non-hydrogen) atoms. The van der Waals surface area contributed by atoms with Crippen molar-refractivity contribution in [3.8, 4) is 5.75 Å². The van der Waals surface area contributed by atoms with Gasteiger partial charge < -0.3 is 19.7 Å². The Kier molecular flexibility index (Phi) is 6.74. The summed E-state index contributed by atoms with van der Waals surface area (Å²) >= 11 is 0. The minimum Gasteiger partial charge on any atom is -0.489 e. The number of amides is 2. The summed E-state index contributed by atoms with van der Waals surface area (Å²) in [6, 6.07) is 16.0. The second kappa shape index (κ2) is 10.3. The SMILES string of the molecule is C=C1CCC(N2Cc3cc(O[C@@H]4CCCC[C@H]4N4CC(OCc5ccccc5)C4)ccc3C2=O)C(=O)N1. The molecule has 2 aromatic rings. The van der Waals surface area contributed by atoms with E-state index >= 15 is 0 Å². The van der Waals surface area contributed by atoms with Gasteiger partial charge in [-0.2, -0.15) is 0 Å². The number of likely N-dealkylation sites (tertiary alicyclic amines) is 1. The second-order valence-electron chi connectivity index (χ2n) is 10.8. The van der Waals surface area contributed by atoms with Crippen molar-refractivity contribution in [2.75, 3.05) is 13.1 Å². The highest BCUT2D eigenvalue weighted by Gasteiger charge is 2.40. The van der Waals surface area contributed by atoms with Crippen LogP contribution in [-0.4, -0.2) is 59.0 Å². The first-order chi connectivity index (χ1) is 18.0. The molecular weight excluding hydrogens is 466 g/mol. The summed E-state index contributed by atoms with van der Waals surface area (Å²) in [6.07, 6.45) is 6.27. The highest BCUT2D eigenvalue weighted by Crippen LogP contribution is 2.34. The molecule has 4 aliphatic rings. The minimum absolute atomic E-state index is 0.0770. The van der Waals surface area contributed by atoms with Crippen molar-refractivity contribution in [2.45, 2.75) is 76.0 Å². The molecule has 0 bridgehead atoms. The summed E-state index contributed by atoms with van der Waals surface area (Å²) in [6.45, 7) is 6.83. The van der Waals surface area contributed by atoms with Gasteiger partial charge in [-0.25, -0.2) is 0 Å². The lowest BCUT2D eigenvalue weighted by atomic mass is 9.89. The smallest absolute Gasteiger partial charge is 0.255 e. The third-order valence-corrected chi connectivity index (χ3v) is 8.24. The van der Waals surface area contributed by atoms with Crippen molar-refractivity contribution in [1.82, 2.24) is 15.1 Å². The van der Waals surface area contributed by atoms with Crippen molar-refractivity contribution < 1.29 is 19.1 Å². The van der Waals surface area contributed by atoms with Gasteiger partial charge in [0.15, 0.2) is 0 Å². The molecule has 0 spiro atoms. The first kappa shape index (κ1) is 24.2. The van der Waals surface area contributed by atoms with E-state index in [9.17, 15) is 9.59 Å². The maximum Gasteiger partial charge on any atom is 0.255 e. The number of allylic oxidation sites excluding steroid dienone is 1. The van der Waals surface area contributed by atoms with E-state index in [0.717, 1.165) is 42.9 Å². The third kappa shape index (κ3) is 5.03. The summed E-state index contributed by atoms with van der Waals surface area (Å²) in [4.78, 5) is 29.7. The van der Waals surface area contributed by atoms with Crippen LogP contribution < -0.4 is 10.1 Å². The summed E-state index contributed by atoms with van der Waals surface area (Å²) < 4.78 is 12.7. The van der Waals surface area contributed by atoms with Crippen LogP contribution in [0, 0.1) is 0 Å². The number of hydrogen-bond donors (Lipinski definition) is 1. The molecule has 1 N–H and O–H groups in total. The van der Waals surface area contributed by atoms with Crippen LogP contribution in [-0.2, 0) is 22.7 Å². The molecule has 7 nitrogen and oxygen atoms in total. The van der Waals surface area contributed by atoms with Crippen LogP contribution in [0.15, 0.2) is 60.8 Å². The van der Waals surface area contributed by atoms with Gasteiger partial charge in [0.05, 0.1) is 12.7 Å². The van der Waals surface area contributed by atoms with Crippen LogP contribution in [0.4, 0.5) is 0 Å². The Bertz CT molecular complexity index is 1180. The molecule has 3 atom stereocenters. The van der Waals surface area contributed by atoms with E-state index in [2.05, 4.69) is 28.9 Å². The van der Waals surface area contributed by atoms with E-state index in [4.69, 9.17) is 9.47 Å². The highest BCUT2D eigenvalue weighted by molar-refractivity contribution is 6.01. The predicted octanol–water partition coefficient (Wildman–Crippen LogP) is 4.03. The van der Waals surface area contributed by atoms with Crippen molar-refractivity contribution in [3.05, 3.63) is 77.5 Å². The highest BCUT2D eigenvalue weighted by atomic mass is 16.5. The van der Waals surface area contributed by atoms with Crippen LogP contribution in [0.25, 0.3) is 0 Å². The lowest BCUT2D eigenvalue weighted by Crippen LogP contribution is -2.61. The molecule has 3 fully saturated rings. The molecule has 194 valence electrons. The van der Waals surface area contributed by atoms with Gasteiger partial charge in [-0.1, -0.05) is 43.3 Å². The Hall–Kier alpha value is -3.16. The fourth-order valence-corrected chi connectivity index (χ4v) is 6.15. The Morgan fingerprint density at radius 1 is 1.00 bits per heavy atom. The van der Waals surface area contributed by atoms with E-state index in [-0.39, 0.29) is 24.0 Å². The van der Waals surface area contributed by atoms with Crippen molar-refractivity contribution in [3.63, 3.8) is 0 Å².